The molecule has 0 fully saturated rings. The zero-order chi connectivity index (χ0) is 19.5. The molecule has 0 amide bonds. The van der Waals surface area contributed by atoms with Gasteiger partial charge in [-0.25, -0.2) is 14.8 Å². The van der Waals surface area contributed by atoms with E-state index in [2.05, 4.69) is 10.3 Å². The summed E-state index contributed by atoms with van der Waals surface area (Å²) in [5.74, 6) is 0.969. The van der Waals surface area contributed by atoms with E-state index >= 15 is 0 Å². The zero-order valence-electron chi connectivity index (χ0n) is 15.4. The highest BCUT2D eigenvalue weighted by Crippen LogP contribution is 2.26. The number of aromatic nitrogens is 2. The summed E-state index contributed by atoms with van der Waals surface area (Å²) in [6, 6.07) is 17.0. The van der Waals surface area contributed by atoms with Crippen LogP contribution in [-0.2, 0) is 11.3 Å². The van der Waals surface area contributed by atoms with Gasteiger partial charge in [0.15, 0.2) is 5.49 Å². The Hall–Kier alpha value is -3.12. The number of nitrogens with one attached hydrogen (secondary N) is 1. The summed E-state index contributed by atoms with van der Waals surface area (Å²) in [4.78, 5) is 22.1. The van der Waals surface area contributed by atoms with Crippen LogP contribution in [-0.4, -0.2) is 28.7 Å². The first-order chi connectivity index (χ1) is 13.7. The van der Waals surface area contributed by atoms with Crippen molar-refractivity contribution >= 4 is 29.1 Å². The van der Waals surface area contributed by atoms with E-state index in [0.29, 0.717) is 40.7 Å². The zero-order valence-corrected chi connectivity index (χ0v) is 16.1. The van der Waals surface area contributed by atoms with Gasteiger partial charge in [-0.3, -0.25) is 0 Å². The van der Waals surface area contributed by atoms with Crippen LogP contribution in [0.1, 0.15) is 17.3 Å². The maximum atomic E-state index is 12.7. The molecule has 4 rings (SSSR count). The Balaban J connectivity index is 2.01. The van der Waals surface area contributed by atoms with Crippen LogP contribution in [0, 0.1) is 0 Å². The molecule has 0 saturated carbocycles. The third kappa shape index (κ3) is 3.51. The Bertz CT molecular complexity index is 1090. The number of rotatable bonds is 4. The SMILES string of the molecule is CCOC(=O)c1c2n(c(-c3ccccc3)nc1=Nc1cccc(Cl)c1)CCN2. The Morgan fingerprint density at radius 1 is 1.25 bits per heavy atom. The van der Waals surface area contributed by atoms with Gasteiger partial charge < -0.3 is 14.6 Å². The molecule has 0 radical (unpaired) electrons. The molecule has 0 unspecified atom stereocenters. The standard InChI is InChI=1S/C21H19ClN4O2/c1-2-28-21(27)17-18(24-16-10-6-9-15(22)13-16)25-19(14-7-4-3-5-8-14)26-12-11-23-20(17)26/h3-10,13,23H,2,11-12H2,1H3. The number of carbonyl (C=O) groups is 1. The van der Waals surface area contributed by atoms with Gasteiger partial charge in [0.2, 0.25) is 0 Å². The number of ether oxygens (including phenoxy) is 1. The fourth-order valence-electron chi connectivity index (χ4n) is 3.20. The molecule has 1 aliphatic rings. The number of halogens is 1. The molecule has 0 aliphatic carbocycles. The number of esters is 1. The molecule has 1 N–H and O–H groups in total. The minimum Gasteiger partial charge on any atom is -0.462 e. The lowest BCUT2D eigenvalue weighted by Gasteiger charge is -2.14. The van der Waals surface area contributed by atoms with Gasteiger partial charge in [0.1, 0.15) is 17.2 Å². The van der Waals surface area contributed by atoms with Crippen molar-refractivity contribution in [3.63, 3.8) is 0 Å². The quantitative estimate of drug-likeness (QED) is 0.678. The average molecular weight is 395 g/mol. The second-order valence-corrected chi connectivity index (χ2v) is 6.68. The third-order valence-electron chi connectivity index (χ3n) is 4.38. The van der Waals surface area contributed by atoms with Gasteiger partial charge in [-0.05, 0) is 25.1 Å². The van der Waals surface area contributed by atoms with Crippen LogP contribution < -0.4 is 10.8 Å². The van der Waals surface area contributed by atoms with Crippen LogP contribution in [0.3, 0.4) is 0 Å². The van der Waals surface area contributed by atoms with Crippen molar-refractivity contribution in [1.82, 2.24) is 9.55 Å². The molecule has 1 aromatic heterocycles. The summed E-state index contributed by atoms with van der Waals surface area (Å²) < 4.78 is 7.28. The van der Waals surface area contributed by atoms with E-state index in [1.165, 1.54) is 0 Å². The van der Waals surface area contributed by atoms with E-state index in [-0.39, 0.29) is 6.61 Å². The number of anilines is 1. The second-order valence-electron chi connectivity index (χ2n) is 6.24. The van der Waals surface area contributed by atoms with E-state index in [9.17, 15) is 4.79 Å². The number of hydrogen-bond acceptors (Lipinski definition) is 5. The predicted octanol–water partition coefficient (Wildman–Crippen LogP) is 4.04. The summed E-state index contributed by atoms with van der Waals surface area (Å²) in [6.07, 6.45) is 0. The molecule has 2 aromatic carbocycles. The largest absolute Gasteiger partial charge is 0.462 e. The van der Waals surface area contributed by atoms with E-state index in [1.807, 2.05) is 47.0 Å². The normalized spacial score (nSPS) is 13.1. The number of carbonyl (C=O) groups excluding carboxylic acids is 1. The van der Waals surface area contributed by atoms with Crippen LogP contribution >= 0.6 is 11.6 Å². The van der Waals surface area contributed by atoms with Gasteiger partial charge in [-0.1, -0.05) is 48.0 Å². The van der Waals surface area contributed by atoms with Crippen molar-refractivity contribution < 1.29 is 9.53 Å². The molecule has 0 saturated heterocycles. The van der Waals surface area contributed by atoms with Gasteiger partial charge in [-0.15, -0.1) is 0 Å². The summed E-state index contributed by atoms with van der Waals surface area (Å²) in [6.45, 7) is 3.46. The first-order valence-electron chi connectivity index (χ1n) is 9.09. The minimum absolute atomic E-state index is 0.273. The molecule has 28 heavy (non-hydrogen) atoms. The lowest BCUT2D eigenvalue weighted by Crippen LogP contribution is -2.26. The minimum atomic E-state index is -0.450. The lowest BCUT2D eigenvalue weighted by molar-refractivity contribution is 0.0524. The Morgan fingerprint density at radius 3 is 2.82 bits per heavy atom. The van der Waals surface area contributed by atoms with Gasteiger partial charge in [-0.2, -0.15) is 0 Å². The topological polar surface area (TPSA) is 68.5 Å². The second kappa shape index (κ2) is 7.86. The first-order valence-corrected chi connectivity index (χ1v) is 9.46. The maximum Gasteiger partial charge on any atom is 0.345 e. The lowest BCUT2D eigenvalue weighted by atomic mass is 10.2. The summed E-state index contributed by atoms with van der Waals surface area (Å²) in [5.41, 5.74) is 2.21. The number of hydrogen-bond donors (Lipinski definition) is 1. The molecule has 0 spiro atoms. The van der Waals surface area contributed by atoms with Gasteiger partial charge in [0.25, 0.3) is 0 Å². The third-order valence-corrected chi connectivity index (χ3v) is 4.62. The highest BCUT2D eigenvalue weighted by molar-refractivity contribution is 6.30. The number of benzene rings is 2. The van der Waals surface area contributed by atoms with Crippen molar-refractivity contribution in [3.8, 4) is 11.4 Å². The monoisotopic (exact) mass is 394 g/mol. The summed E-state index contributed by atoms with van der Waals surface area (Å²) in [5, 5.41) is 3.86. The van der Waals surface area contributed by atoms with E-state index in [4.69, 9.17) is 21.3 Å². The smallest absolute Gasteiger partial charge is 0.345 e. The molecule has 2 heterocycles. The molecule has 7 heteroatoms. The fraction of sp³-hybridized carbons (Fsp3) is 0.190. The molecule has 0 bridgehead atoms. The molecular formula is C21H19ClN4O2. The maximum absolute atomic E-state index is 12.7. The van der Waals surface area contributed by atoms with Crippen molar-refractivity contribution in [2.45, 2.75) is 13.5 Å². The van der Waals surface area contributed by atoms with E-state index < -0.39 is 5.97 Å². The van der Waals surface area contributed by atoms with E-state index in [0.717, 1.165) is 11.4 Å². The Kier molecular flexibility index (Phi) is 5.12. The van der Waals surface area contributed by atoms with E-state index in [1.54, 1.807) is 19.1 Å². The number of fused-ring (bicyclic) bond motifs is 1. The van der Waals surface area contributed by atoms with Gasteiger partial charge in [0, 0.05) is 23.7 Å². The highest BCUT2D eigenvalue weighted by Gasteiger charge is 2.26. The number of nitrogens with zero attached hydrogens (tertiary/aromatic N) is 3. The van der Waals surface area contributed by atoms with Crippen LogP contribution in [0.4, 0.5) is 11.5 Å². The van der Waals surface area contributed by atoms with Crippen molar-refractivity contribution in [2.24, 2.45) is 4.99 Å². The summed E-state index contributed by atoms with van der Waals surface area (Å²) >= 11 is 6.10. The van der Waals surface area contributed by atoms with Gasteiger partial charge >= 0.3 is 5.97 Å². The molecule has 1 aliphatic heterocycles. The average Bonchev–Trinajstić information content (AvgIpc) is 3.17. The molecule has 6 nitrogen and oxygen atoms in total. The predicted molar refractivity (Wildman–Crippen MR) is 109 cm³/mol. The van der Waals surface area contributed by atoms with Gasteiger partial charge in [0.05, 0.1) is 12.3 Å². The molecule has 3 aromatic rings. The first kappa shape index (κ1) is 18.3. The van der Waals surface area contributed by atoms with Crippen LogP contribution in [0.25, 0.3) is 11.4 Å². The Labute approximate surface area is 167 Å². The Morgan fingerprint density at radius 2 is 2.07 bits per heavy atom. The van der Waals surface area contributed by atoms with Crippen LogP contribution in [0.15, 0.2) is 59.6 Å². The molecule has 0 atom stereocenters. The fourth-order valence-corrected chi connectivity index (χ4v) is 3.38. The molecule has 142 valence electrons. The van der Waals surface area contributed by atoms with Crippen molar-refractivity contribution in [3.05, 3.63) is 70.7 Å². The highest BCUT2D eigenvalue weighted by atomic mass is 35.5. The van der Waals surface area contributed by atoms with Crippen molar-refractivity contribution in [1.29, 1.82) is 0 Å². The summed E-state index contributed by atoms with van der Waals surface area (Å²) in [7, 11) is 0. The molecular weight excluding hydrogens is 376 g/mol. The van der Waals surface area contributed by atoms with Crippen LogP contribution in [0.5, 0.6) is 0 Å². The van der Waals surface area contributed by atoms with Crippen LogP contribution in [0.2, 0.25) is 5.02 Å². The van der Waals surface area contributed by atoms with Crippen molar-refractivity contribution in [2.75, 3.05) is 18.5 Å².